The highest BCUT2D eigenvalue weighted by molar-refractivity contribution is 6.12. The molecule has 7 heteroatoms. The number of esters is 1. The molecule has 0 amide bonds. The Morgan fingerprint density at radius 1 is 1.17 bits per heavy atom. The van der Waals surface area contributed by atoms with Crippen molar-refractivity contribution >= 4 is 23.6 Å². The number of cyclic esters (lactones) is 1. The third-order valence-corrected chi connectivity index (χ3v) is 3.11. The molecule has 23 heavy (non-hydrogen) atoms. The molecule has 1 aliphatic rings. The largest absolute Gasteiger partial charge is 0.402 e. The summed E-state index contributed by atoms with van der Waals surface area (Å²) in [5.74, 6) is -1.44. The number of aliphatic imine (C=N–C) groups is 1. The van der Waals surface area contributed by atoms with E-state index < -0.39 is 16.7 Å². The monoisotopic (exact) mass is 312 g/mol. The molecule has 2 aromatic rings. The van der Waals surface area contributed by atoms with E-state index in [-0.39, 0.29) is 22.8 Å². The predicted octanol–water partition coefficient (Wildman–Crippen LogP) is 3.08. The molecule has 3 rings (SSSR count). The fourth-order valence-corrected chi connectivity index (χ4v) is 2.05. The molecule has 0 atom stereocenters. The number of nitro groups is 1. The fraction of sp³-hybridized carbons (Fsp3) is 0. The zero-order valence-electron chi connectivity index (χ0n) is 11.6. The lowest BCUT2D eigenvalue weighted by Crippen LogP contribution is -2.07. The summed E-state index contributed by atoms with van der Waals surface area (Å²) in [7, 11) is 0. The Bertz CT molecular complexity index is 874. The molecule has 0 aliphatic carbocycles. The summed E-state index contributed by atoms with van der Waals surface area (Å²) in [5.41, 5.74) is 0.334. The van der Waals surface area contributed by atoms with Crippen LogP contribution in [0.15, 0.2) is 59.2 Å². The van der Waals surface area contributed by atoms with E-state index in [9.17, 15) is 19.3 Å². The van der Waals surface area contributed by atoms with Gasteiger partial charge in [0, 0.05) is 12.1 Å². The van der Waals surface area contributed by atoms with Gasteiger partial charge in [0.2, 0.25) is 5.90 Å². The first-order valence-corrected chi connectivity index (χ1v) is 6.56. The molecule has 0 fully saturated rings. The lowest BCUT2D eigenvalue weighted by atomic mass is 10.1. The van der Waals surface area contributed by atoms with Crippen LogP contribution in [0.3, 0.4) is 0 Å². The van der Waals surface area contributed by atoms with Gasteiger partial charge in [-0.1, -0.05) is 24.3 Å². The number of hydrogen-bond donors (Lipinski definition) is 0. The molecule has 0 radical (unpaired) electrons. The molecule has 0 aromatic heterocycles. The molecule has 0 N–H and O–H groups in total. The van der Waals surface area contributed by atoms with Crippen molar-refractivity contribution in [1.82, 2.24) is 0 Å². The molecule has 2 aromatic carbocycles. The minimum absolute atomic E-state index is 0.0521. The van der Waals surface area contributed by atoms with Crippen LogP contribution >= 0.6 is 0 Å². The first-order valence-electron chi connectivity index (χ1n) is 6.56. The summed E-state index contributed by atoms with van der Waals surface area (Å²) < 4.78 is 18.7. The Kier molecular flexibility index (Phi) is 3.68. The van der Waals surface area contributed by atoms with E-state index in [1.807, 2.05) is 0 Å². The molecular formula is C16H9FN2O4. The van der Waals surface area contributed by atoms with Gasteiger partial charge in [-0.25, -0.2) is 14.2 Å². The van der Waals surface area contributed by atoms with Crippen molar-refractivity contribution in [3.05, 3.63) is 81.3 Å². The standard InChI is InChI=1S/C16H9FN2O4/c17-13-7-2-1-6-12(13)15-18-14(16(20)23-15)9-10-4-3-5-11(8-10)19(21)22/h1-9H. The van der Waals surface area contributed by atoms with Gasteiger partial charge in [0.05, 0.1) is 10.5 Å². The van der Waals surface area contributed by atoms with Crippen LogP contribution in [0.25, 0.3) is 6.08 Å². The lowest BCUT2D eigenvalue weighted by molar-refractivity contribution is -0.384. The van der Waals surface area contributed by atoms with Crippen LogP contribution in [-0.4, -0.2) is 16.8 Å². The number of ether oxygens (including phenoxy) is 1. The maximum absolute atomic E-state index is 13.7. The second-order valence-electron chi connectivity index (χ2n) is 4.67. The Labute approximate surface area is 129 Å². The molecule has 0 saturated heterocycles. The number of nitrogens with zero attached hydrogens (tertiary/aromatic N) is 2. The number of halogens is 1. The van der Waals surface area contributed by atoms with Crippen molar-refractivity contribution in [1.29, 1.82) is 0 Å². The van der Waals surface area contributed by atoms with Crippen LogP contribution in [0, 0.1) is 15.9 Å². The number of nitro benzene ring substituents is 1. The zero-order chi connectivity index (χ0) is 16.4. The van der Waals surface area contributed by atoms with Crippen molar-refractivity contribution in [2.24, 2.45) is 4.99 Å². The van der Waals surface area contributed by atoms with Gasteiger partial charge < -0.3 is 4.74 Å². The van der Waals surface area contributed by atoms with Gasteiger partial charge >= 0.3 is 5.97 Å². The average Bonchev–Trinajstić information content (AvgIpc) is 2.89. The van der Waals surface area contributed by atoms with E-state index in [2.05, 4.69) is 4.99 Å². The SMILES string of the molecule is O=C1OC(c2ccccc2F)=NC1=Cc1cccc([N+](=O)[O-])c1. The minimum Gasteiger partial charge on any atom is -0.402 e. The van der Waals surface area contributed by atoms with Gasteiger partial charge in [0.25, 0.3) is 5.69 Å². The van der Waals surface area contributed by atoms with E-state index in [0.717, 1.165) is 0 Å². The van der Waals surface area contributed by atoms with Crippen LogP contribution < -0.4 is 0 Å². The van der Waals surface area contributed by atoms with Crippen LogP contribution in [0.4, 0.5) is 10.1 Å². The molecule has 0 bridgehead atoms. The highest BCUT2D eigenvalue weighted by Gasteiger charge is 2.26. The molecule has 0 spiro atoms. The normalized spacial score (nSPS) is 15.4. The van der Waals surface area contributed by atoms with Crippen molar-refractivity contribution in [2.75, 3.05) is 0 Å². The van der Waals surface area contributed by atoms with Gasteiger partial charge in [-0.2, -0.15) is 0 Å². The Balaban J connectivity index is 1.97. The average molecular weight is 312 g/mol. The van der Waals surface area contributed by atoms with E-state index in [1.165, 1.54) is 42.5 Å². The maximum Gasteiger partial charge on any atom is 0.363 e. The van der Waals surface area contributed by atoms with Crippen molar-refractivity contribution in [3.63, 3.8) is 0 Å². The van der Waals surface area contributed by atoms with E-state index in [1.54, 1.807) is 12.1 Å². The van der Waals surface area contributed by atoms with Gasteiger partial charge in [0.15, 0.2) is 5.70 Å². The maximum atomic E-state index is 13.7. The predicted molar refractivity (Wildman–Crippen MR) is 80.1 cm³/mol. The zero-order valence-corrected chi connectivity index (χ0v) is 11.6. The quantitative estimate of drug-likeness (QED) is 0.377. The van der Waals surface area contributed by atoms with Gasteiger partial charge in [-0.05, 0) is 23.8 Å². The van der Waals surface area contributed by atoms with E-state index in [4.69, 9.17) is 4.74 Å². The number of hydrogen-bond acceptors (Lipinski definition) is 5. The smallest absolute Gasteiger partial charge is 0.363 e. The summed E-state index contributed by atoms with van der Waals surface area (Å²) in [6.07, 6.45) is 1.35. The van der Waals surface area contributed by atoms with E-state index in [0.29, 0.717) is 5.56 Å². The molecule has 0 unspecified atom stereocenters. The number of benzene rings is 2. The van der Waals surface area contributed by atoms with Crippen LogP contribution in [0.5, 0.6) is 0 Å². The third-order valence-electron chi connectivity index (χ3n) is 3.11. The van der Waals surface area contributed by atoms with Crippen molar-refractivity contribution in [2.45, 2.75) is 0 Å². The number of non-ortho nitro benzene ring substituents is 1. The van der Waals surface area contributed by atoms with Gasteiger partial charge in [0.1, 0.15) is 5.82 Å². The molecule has 1 heterocycles. The number of carbonyl (C=O) groups excluding carboxylic acids is 1. The van der Waals surface area contributed by atoms with Crippen molar-refractivity contribution in [3.8, 4) is 0 Å². The molecule has 6 nitrogen and oxygen atoms in total. The van der Waals surface area contributed by atoms with Crippen LogP contribution in [0.1, 0.15) is 11.1 Å². The van der Waals surface area contributed by atoms with Crippen molar-refractivity contribution < 1.29 is 18.8 Å². The Hall–Kier alpha value is -3.35. The first kappa shape index (κ1) is 14.6. The summed E-state index contributed by atoms with van der Waals surface area (Å²) in [5, 5.41) is 10.8. The van der Waals surface area contributed by atoms with E-state index >= 15 is 0 Å². The topological polar surface area (TPSA) is 81.8 Å². The highest BCUT2D eigenvalue weighted by Crippen LogP contribution is 2.22. The molecule has 114 valence electrons. The summed E-state index contributed by atoms with van der Waals surface area (Å²) in [6, 6.07) is 11.5. The van der Waals surface area contributed by atoms with Crippen LogP contribution in [-0.2, 0) is 9.53 Å². The number of carbonyl (C=O) groups is 1. The Morgan fingerprint density at radius 2 is 1.96 bits per heavy atom. The number of rotatable bonds is 3. The fourth-order valence-electron chi connectivity index (χ4n) is 2.05. The second-order valence-corrected chi connectivity index (χ2v) is 4.67. The summed E-state index contributed by atoms with van der Waals surface area (Å²) >= 11 is 0. The Morgan fingerprint density at radius 3 is 2.70 bits per heavy atom. The van der Waals surface area contributed by atoms with Crippen LogP contribution in [0.2, 0.25) is 0 Å². The second kappa shape index (κ2) is 5.80. The third kappa shape index (κ3) is 2.98. The summed E-state index contributed by atoms with van der Waals surface area (Å²) in [4.78, 5) is 26.0. The molecule has 0 saturated carbocycles. The highest BCUT2D eigenvalue weighted by atomic mass is 19.1. The van der Waals surface area contributed by atoms with Gasteiger partial charge in [-0.15, -0.1) is 0 Å². The summed E-state index contributed by atoms with van der Waals surface area (Å²) in [6.45, 7) is 0. The van der Waals surface area contributed by atoms with Gasteiger partial charge in [-0.3, -0.25) is 10.1 Å². The minimum atomic E-state index is -0.741. The molecule has 1 aliphatic heterocycles. The molecular weight excluding hydrogens is 303 g/mol. The lowest BCUT2D eigenvalue weighted by Gasteiger charge is -1.99. The first-order chi connectivity index (χ1) is 11.0.